The molecule has 1 amide bonds. The molecule has 0 unspecified atom stereocenters. The van der Waals surface area contributed by atoms with Crippen LogP contribution in [0.25, 0.3) is 0 Å². The number of ether oxygens (including phenoxy) is 1. The number of rotatable bonds is 8. The van der Waals surface area contributed by atoms with Crippen molar-refractivity contribution in [1.82, 2.24) is 25.2 Å². The number of aromatic nitrogens is 5. The number of aryl methyl sites for hydroxylation is 1. The van der Waals surface area contributed by atoms with Gasteiger partial charge in [-0.25, -0.2) is 14.5 Å². The summed E-state index contributed by atoms with van der Waals surface area (Å²) in [6.07, 6.45) is -1.08. The van der Waals surface area contributed by atoms with Gasteiger partial charge in [-0.15, -0.1) is 5.10 Å². The molecule has 0 aliphatic carbocycles. The highest BCUT2D eigenvalue weighted by atomic mass is 16.6. The van der Waals surface area contributed by atoms with Crippen molar-refractivity contribution in [3.63, 3.8) is 0 Å². The fourth-order valence-electron chi connectivity index (χ4n) is 3.19. The smallest absolute Gasteiger partial charge is 0.413 e. The van der Waals surface area contributed by atoms with Crippen molar-refractivity contribution in [3.8, 4) is 0 Å². The van der Waals surface area contributed by atoms with Gasteiger partial charge in [-0.1, -0.05) is 29.4 Å². The van der Waals surface area contributed by atoms with Gasteiger partial charge in [-0.3, -0.25) is 4.90 Å². The van der Waals surface area contributed by atoms with Crippen molar-refractivity contribution in [2.75, 3.05) is 12.0 Å². The van der Waals surface area contributed by atoms with E-state index < -0.39 is 11.6 Å². The third kappa shape index (κ3) is 5.89. The lowest BCUT2D eigenvalue weighted by Crippen LogP contribution is -2.45. The monoisotopic (exact) mass is 453 g/mol. The molecular weight excluding hydrogens is 426 g/mol. The molecule has 33 heavy (non-hydrogen) atoms. The summed E-state index contributed by atoms with van der Waals surface area (Å²) in [4.78, 5) is 23.0. The number of carboxylic acid groups (broad SMARTS) is 1. The average molecular weight is 454 g/mol. The number of amides is 1. The number of benzene rings is 1. The molecule has 174 valence electrons. The summed E-state index contributed by atoms with van der Waals surface area (Å²) in [5, 5.41) is 25.5. The summed E-state index contributed by atoms with van der Waals surface area (Å²) in [5.74, 6) is 0.737. The van der Waals surface area contributed by atoms with Crippen LogP contribution in [0, 0.1) is 0 Å². The van der Waals surface area contributed by atoms with Gasteiger partial charge in [0.1, 0.15) is 5.82 Å². The molecule has 3 rings (SSSR count). The Balaban J connectivity index is 1.87. The molecule has 2 heterocycles. The van der Waals surface area contributed by atoms with Crippen molar-refractivity contribution < 1.29 is 19.5 Å². The highest BCUT2D eigenvalue weighted by molar-refractivity contribution is 6.10. The molecular formula is C22H27N7O4. The number of methoxy groups -OCH3 is 1. The number of tetrazole rings is 1. The van der Waals surface area contributed by atoms with E-state index in [0.29, 0.717) is 29.7 Å². The fourth-order valence-corrected chi connectivity index (χ4v) is 3.19. The second-order valence-electron chi connectivity index (χ2n) is 8.25. The van der Waals surface area contributed by atoms with Crippen molar-refractivity contribution in [2.45, 2.75) is 39.5 Å². The second-order valence-corrected chi connectivity index (χ2v) is 8.25. The maximum Gasteiger partial charge on any atom is 0.413 e. The Bertz CT molecular complexity index is 1140. The van der Waals surface area contributed by atoms with Crippen LogP contribution in [-0.2, 0) is 29.8 Å². The Labute approximate surface area is 191 Å². The third-order valence-corrected chi connectivity index (χ3v) is 4.59. The van der Waals surface area contributed by atoms with Crippen molar-refractivity contribution in [2.24, 2.45) is 12.2 Å². The van der Waals surface area contributed by atoms with E-state index in [1.807, 2.05) is 24.3 Å². The number of anilines is 1. The zero-order valence-electron chi connectivity index (χ0n) is 19.3. The van der Waals surface area contributed by atoms with Crippen LogP contribution in [0.1, 0.15) is 43.4 Å². The summed E-state index contributed by atoms with van der Waals surface area (Å²) >= 11 is 0. The van der Waals surface area contributed by atoms with E-state index in [1.54, 1.807) is 53.1 Å². The van der Waals surface area contributed by atoms with Gasteiger partial charge < -0.3 is 14.7 Å². The maximum absolute atomic E-state index is 11.8. The predicted octanol–water partition coefficient (Wildman–Crippen LogP) is 3.00. The number of carbonyl (C=O) groups is 1. The lowest BCUT2D eigenvalue weighted by Gasteiger charge is -2.32. The van der Waals surface area contributed by atoms with E-state index >= 15 is 0 Å². The first-order valence-electron chi connectivity index (χ1n) is 10.2. The first kappa shape index (κ1) is 23.8. The van der Waals surface area contributed by atoms with Crippen LogP contribution >= 0.6 is 0 Å². The zero-order chi connectivity index (χ0) is 24.0. The van der Waals surface area contributed by atoms with Gasteiger partial charge in [-0.05, 0) is 55.0 Å². The third-order valence-electron chi connectivity index (χ3n) is 4.59. The molecule has 0 saturated heterocycles. The Kier molecular flexibility index (Phi) is 7.34. The molecule has 2 aromatic heterocycles. The minimum Gasteiger partial charge on any atom is -0.465 e. The lowest BCUT2D eigenvalue weighted by atomic mass is 10.1. The van der Waals surface area contributed by atoms with Gasteiger partial charge in [0.2, 0.25) is 5.82 Å². The Hall–Kier alpha value is -3.86. The molecule has 0 fully saturated rings. The number of oxime groups is 1. The second kappa shape index (κ2) is 10.2. The molecule has 1 aromatic carbocycles. The number of pyridine rings is 1. The largest absolute Gasteiger partial charge is 0.465 e. The molecule has 0 aliphatic rings. The summed E-state index contributed by atoms with van der Waals surface area (Å²) in [5.41, 5.74) is 2.03. The lowest BCUT2D eigenvalue weighted by molar-refractivity contribution is 0.128. The van der Waals surface area contributed by atoms with Crippen molar-refractivity contribution in [1.29, 1.82) is 0 Å². The van der Waals surface area contributed by atoms with E-state index in [2.05, 4.69) is 25.7 Å². The fraction of sp³-hybridized carbons (Fsp3) is 0.364. The van der Waals surface area contributed by atoms with Crippen LogP contribution in [0.3, 0.4) is 0 Å². The van der Waals surface area contributed by atoms with Crippen LogP contribution in [0.2, 0.25) is 0 Å². The zero-order valence-corrected chi connectivity index (χ0v) is 19.3. The van der Waals surface area contributed by atoms with Gasteiger partial charge in [-0.2, -0.15) is 0 Å². The highest BCUT2D eigenvalue weighted by Crippen LogP contribution is 2.22. The normalized spacial score (nSPS) is 12.0. The molecule has 0 spiro atoms. The number of nitrogens with zero attached hydrogens (tertiary/aromatic N) is 7. The Morgan fingerprint density at radius 2 is 1.94 bits per heavy atom. The van der Waals surface area contributed by atoms with Crippen LogP contribution in [0.15, 0.2) is 47.6 Å². The molecule has 0 radical (unpaired) electrons. The van der Waals surface area contributed by atoms with Gasteiger partial charge in [0, 0.05) is 25.3 Å². The minimum absolute atomic E-state index is 0.0258. The van der Waals surface area contributed by atoms with Gasteiger partial charge >= 0.3 is 6.09 Å². The van der Waals surface area contributed by atoms with E-state index in [9.17, 15) is 9.90 Å². The Morgan fingerprint density at radius 1 is 1.18 bits per heavy atom. The number of hydrogen-bond donors (Lipinski definition) is 1. The molecule has 0 bridgehead atoms. The van der Waals surface area contributed by atoms with Crippen LogP contribution < -0.4 is 4.90 Å². The quantitative estimate of drug-likeness (QED) is 0.407. The van der Waals surface area contributed by atoms with Crippen LogP contribution in [0.4, 0.5) is 10.6 Å². The highest BCUT2D eigenvalue weighted by Gasteiger charge is 2.29. The van der Waals surface area contributed by atoms with Gasteiger partial charge in [0.25, 0.3) is 0 Å². The average Bonchev–Trinajstić information content (AvgIpc) is 3.16. The molecule has 0 saturated carbocycles. The summed E-state index contributed by atoms with van der Waals surface area (Å²) in [6.45, 7) is 5.88. The van der Waals surface area contributed by atoms with E-state index in [1.165, 1.54) is 9.58 Å². The maximum atomic E-state index is 11.8. The predicted molar refractivity (Wildman–Crippen MR) is 121 cm³/mol. The van der Waals surface area contributed by atoms with Crippen molar-refractivity contribution in [3.05, 3.63) is 65.1 Å². The first-order valence-corrected chi connectivity index (χ1v) is 10.2. The summed E-state index contributed by atoms with van der Waals surface area (Å²) in [6, 6.07) is 12.7. The van der Waals surface area contributed by atoms with Crippen LogP contribution in [0.5, 0.6) is 0 Å². The van der Waals surface area contributed by atoms with Gasteiger partial charge in [0.05, 0.1) is 12.3 Å². The van der Waals surface area contributed by atoms with Crippen LogP contribution in [-0.4, -0.2) is 54.8 Å². The summed E-state index contributed by atoms with van der Waals surface area (Å²) in [7, 11) is 3.34. The molecule has 11 nitrogen and oxygen atoms in total. The van der Waals surface area contributed by atoms with Crippen molar-refractivity contribution >= 4 is 17.6 Å². The first-order chi connectivity index (χ1) is 15.7. The summed E-state index contributed by atoms with van der Waals surface area (Å²) < 4.78 is 6.71. The SMILES string of the molecule is COCc1cccc(C(=NOCc2cccc(N(C(=O)O)C(C)(C)C)n2)c2nnnn2C)c1. The minimum atomic E-state index is -1.08. The molecule has 0 atom stereocenters. The molecule has 0 aliphatic heterocycles. The molecule has 11 heteroatoms. The molecule has 1 N–H and O–H groups in total. The topological polar surface area (TPSA) is 128 Å². The molecule has 3 aromatic rings. The van der Waals surface area contributed by atoms with E-state index in [4.69, 9.17) is 9.57 Å². The standard InChI is InChI=1S/C22H27N7O4/c1-22(2,3)29(21(30)31)18-11-7-10-17(23-18)14-33-25-19(20-24-26-27-28(20)4)16-9-6-8-15(12-16)13-32-5/h6-12H,13-14H2,1-5H3,(H,30,31). The van der Waals surface area contributed by atoms with Gasteiger partial charge in [0.15, 0.2) is 12.3 Å². The Morgan fingerprint density at radius 3 is 2.58 bits per heavy atom. The van der Waals surface area contributed by atoms with E-state index in [-0.39, 0.29) is 6.61 Å². The number of hydrogen-bond acceptors (Lipinski definition) is 8. The van der Waals surface area contributed by atoms with E-state index in [0.717, 1.165) is 11.1 Å².